The topological polar surface area (TPSA) is 61.3 Å². The molecule has 2 N–H and O–H groups in total. The smallest absolute Gasteiger partial charge is 0.134 e. The molecule has 5 nitrogen and oxygen atoms in total. The van der Waals surface area contributed by atoms with Crippen molar-refractivity contribution in [3.05, 3.63) is 47.3 Å². The second-order valence-corrected chi connectivity index (χ2v) is 7.57. The van der Waals surface area contributed by atoms with Crippen molar-refractivity contribution in [1.82, 2.24) is 9.97 Å². The number of benzene rings is 1. The Hall–Kier alpha value is -2.14. The van der Waals surface area contributed by atoms with E-state index in [-0.39, 0.29) is 12.6 Å². The third-order valence-electron chi connectivity index (χ3n) is 5.55. The number of aryl methyl sites for hydroxylation is 1. The van der Waals surface area contributed by atoms with Gasteiger partial charge in [-0.25, -0.2) is 9.97 Å². The predicted molar refractivity (Wildman–Crippen MR) is 100.0 cm³/mol. The molecule has 0 saturated carbocycles. The summed E-state index contributed by atoms with van der Waals surface area (Å²) in [4.78, 5) is 11.6. The van der Waals surface area contributed by atoms with Crippen LogP contribution in [0.1, 0.15) is 49.2 Å². The van der Waals surface area contributed by atoms with Gasteiger partial charge in [0.1, 0.15) is 17.5 Å². The molecule has 0 radical (unpaired) electrons. The molecule has 1 aliphatic heterocycles. The molecule has 5 heteroatoms. The first kappa shape index (κ1) is 16.3. The molecule has 0 spiro atoms. The number of aliphatic hydroxyl groups is 1. The molecule has 1 fully saturated rings. The van der Waals surface area contributed by atoms with Gasteiger partial charge in [-0.15, -0.1) is 0 Å². The van der Waals surface area contributed by atoms with Gasteiger partial charge < -0.3 is 15.3 Å². The summed E-state index contributed by atoms with van der Waals surface area (Å²) >= 11 is 0. The maximum Gasteiger partial charge on any atom is 0.134 e. The van der Waals surface area contributed by atoms with E-state index in [4.69, 9.17) is 4.98 Å². The third-order valence-corrected chi connectivity index (χ3v) is 5.55. The highest BCUT2D eigenvalue weighted by molar-refractivity contribution is 5.57. The zero-order valence-corrected chi connectivity index (χ0v) is 15.1. The number of hydrogen-bond donors (Lipinski definition) is 2. The Morgan fingerprint density at radius 1 is 1.24 bits per heavy atom. The minimum atomic E-state index is -0.00194. The molecule has 0 amide bonds. The number of hydrogen-bond acceptors (Lipinski definition) is 5. The minimum absolute atomic E-state index is 0.00194. The Morgan fingerprint density at radius 2 is 2.00 bits per heavy atom. The molecule has 3 atom stereocenters. The van der Waals surface area contributed by atoms with Gasteiger partial charge in [0.2, 0.25) is 0 Å². The zero-order chi connectivity index (χ0) is 17.6. The zero-order valence-electron chi connectivity index (χ0n) is 15.1. The lowest BCUT2D eigenvalue weighted by Gasteiger charge is -2.30. The van der Waals surface area contributed by atoms with Crippen molar-refractivity contribution in [3.63, 3.8) is 0 Å². The predicted octanol–water partition coefficient (Wildman–Crippen LogP) is 3.26. The Labute approximate surface area is 149 Å². The Morgan fingerprint density at radius 3 is 2.72 bits per heavy atom. The molecule has 2 aliphatic rings. The van der Waals surface area contributed by atoms with Gasteiger partial charge in [-0.2, -0.15) is 0 Å². The van der Waals surface area contributed by atoms with Crippen LogP contribution in [0.3, 0.4) is 0 Å². The standard InChI is InChI=1S/C20H26N4O/c1-12(2)17(11-25)23-19-9-20(22-13(3)21-19)24-10-14-8-18(24)16-7-5-4-6-15(14)16/h4-7,9,12,14,17-18,25H,8,10-11H2,1-3H3,(H,21,22,23)/t14-,17-,18+/m1/s1. The second kappa shape index (κ2) is 6.30. The van der Waals surface area contributed by atoms with E-state index in [0.717, 1.165) is 24.0 Å². The van der Waals surface area contributed by atoms with Crippen LogP contribution in [0, 0.1) is 12.8 Å². The first-order valence-electron chi connectivity index (χ1n) is 9.15. The first-order chi connectivity index (χ1) is 12.1. The molecular formula is C20H26N4O. The molecule has 1 aromatic carbocycles. The molecule has 4 rings (SSSR count). The molecule has 25 heavy (non-hydrogen) atoms. The molecule has 2 bridgehead atoms. The van der Waals surface area contributed by atoms with Crippen molar-refractivity contribution in [2.45, 2.75) is 45.2 Å². The SMILES string of the molecule is Cc1nc(N[C@H](CO)C(C)C)cc(N2C[C@H]3C[C@H]2c2ccccc23)n1. The summed E-state index contributed by atoms with van der Waals surface area (Å²) in [5, 5.41) is 13.0. The summed E-state index contributed by atoms with van der Waals surface area (Å²) in [6.07, 6.45) is 1.18. The van der Waals surface area contributed by atoms with E-state index >= 15 is 0 Å². The average Bonchev–Trinajstić information content (AvgIpc) is 3.18. The van der Waals surface area contributed by atoms with Crippen LogP contribution in [0.25, 0.3) is 0 Å². The van der Waals surface area contributed by atoms with Gasteiger partial charge in [0, 0.05) is 18.5 Å². The van der Waals surface area contributed by atoms with Crippen LogP contribution in [0.4, 0.5) is 11.6 Å². The summed E-state index contributed by atoms with van der Waals surface area (Å²) in [5.41, 5.74) is 2.95. The lowest BCUT2D eigenvalue weighted by atomic mass is 9.99. The van der Waals surface area contributed by atoms with Gasteiger partial charge in [-0.3, -0.25) is 0 Å². The molecular weight excluding hydrogens is 312 g/mol. The monoisotopic (exact) mass is 338 g/mol. The highest BCUT2D eigenvalue weighted by Crippen LogP contribution is 2.51. The molecule has 0 unspecified atom stereocenters. The van der Waals surface area contributed by atoms with Crippen LogP contribution in [-0.2, 0) is 0 Å². The largest absolute Gasteiger partial charge is 0.394 e. The van der Waals surface area contributed by atoms with Crippen molar-refractivity contribution in [1.29, 1.82) is 0 Å². The lowest BCUT2D eigenvalue weighted by molar-refractivity contribution is 0.249. The fourth-order valence-corrected chi connectivity index (χ4v) is 4.18. The van der Waals surface area contributed by atoms with Crippen LogP contribution >= 0.6 is 0 Å². The molecule has 2 heterocycles. The normalized spacial score (nSPS) is 22.4. The van der Waals surface area contributed by atoms with E-state index in [1.54, 1.807) is 0 Å². The van der Waals surface area contributed by atoms with Gasteiger partial charge in [0.25, 0.3) is 0 Å². The second-order valence-electron chi connectivity index (χ2n) is 7.57. The summed E-state index contributed by atoms with van der Waals surface area (Å²) in [5.74, 6) is 3.48. The van der Waals surface area contributed by atoms with E-state index in [1.165, 1.54) is 17.5 Å². The van der Waals surface area contributed by atoms with Crippen molar-refractivity contribution in [3.8, 4) is 0 Å². The fraction of sp³-hybridized carbons (Fsp3) is 0.500. The van der Waals surface area contributed by atoms with Crippen LogP contribution in [0.2, 0.25) is 0 Å². The fourth-order valence-electron chi connectivity index (χ4n) is 4.18. The van der Waals surface area contributed by atoms with Gasteiger partial charge in [0.15, 0.2) is 0 Å². The van der Waals surface area contributed by atoms with Gasteiger partial charge in [0.05, 0.1) is 18.7 Å². The Bertz CT molecular complexity index is 776. The number of aromatic nitrogens is 2. The minimum Gasteiger partial charge on any atom is -0.394 e. The molecule has 1 saturated heterocycles. The highest BCUT2D eigenvalue weighted by atomic mass is 16.3. The summed E-state index contributed by atoms with van der Waals surface area (Å²) in [6, 6.07) is 11.2. The number of nitrogens with one attached hydrogen (secondary N) is 1. The molecule has 1 aliphatic carbocycles. The summed E-state index contributed by atoms with van der Waals surface area (Å²) < 4.78 is 0. The molecule has 1 aromatic heterocycles. The van der Waals surface area contributed by atoms with E-state index in [2.05, 4.69) is 53.3 Å². The van der Waals surface area contributed by atoms with E-state index < -0.39 is 0 Å². The first-order valence-corrected chi connectivity index (χ1v) is 9.15. The third kappa shape index (κ3) is 2.86. The molecule has 2 aromatic rings. The molecule has 132 valence electrons. The number of anilines is 2. The van der Waals surface area contributed by atoms with Crippen LogP contribution < -0.4 is 10.2 Å². The maximum absolute atomic E-state index is 9.59. The van der Waals surface area contributed by atoms with Gasteiger partial charge in [-0.05, 0) is 30.4 Å². The van der Waals surface area contributed by atoms with E-state index in [1.807, 2.05) is 13.0 Å². The van der Waals surface area contributed by atoms with E-state index in [9.17, 15) is 5.11 Å². The van der Waals surface area contributed by atoms with Crippen molar-refractivity contribution in [2.24, 2.45) is 5.92 Å². The number of nitrogens with zero attached hydrogens (tertiary/aromatic N) is 3. The van der Waals surface area contributed by atoms with Gasteiger partial charge in [-0.1, -0.05) is 38.1 Å². The number of rotatable bonds is 5. The quantitative estimate of drug-likeness (QED) is 0.876. The lowest BCUT2D eigenvalue weighted by Crippen LogP contribution is -2.31. The van der Waals surface area contributed by atoms with Crippen molar-refractivity contribution in [2.75, 3.05) is 23.4 Å². The van der Waals surface area contributed by atoms with Crippen LogP contribution in [0.15, 0.2) is 30.3 Å². The Balaban J connectivity index is 1.62. The number of fused-ring (bicyclic) bond motifs is 5. The Kier molecular flexibility index (Phi) is 4.12. The average molecular weight is 338 g/mol. The van der Waals surface area contributed by atoms with E-state index in [0.29, 0.717) is 17.9 Å². The van der Waals surface area contributed by atoms with Crippen LogP contribution in [0.5, 0.6) is 0 Å². The number of aliphatic hydroxyl groups excluding tert-OH is 1. The van der Waals surface area contributed by atoms with Crippen molar-refractivity contribution >= 4 is 11.6 Å². The van der Waals surface area contributed by atoms with Gasteiger partial charge >= 0.3 is 0 Å². The van der Waals surface area contributed by atoms with Crippen LogP contribution in [-0.4, -0.2) is 34.3 Å². The maximum atomic E-state index is 9.59. The summed E-state index contributed by atoms with van der Waals surface area (Å²) in [7, 11) is 0. The van der Waals surface area contributed by atoms with Crippen molar-refractivity contribution < 1.29 is 5.11 Å². The summed E-state index contributed by atoms with van der Waals surface area (Å²) in [6.45, 7) is 7.24. The highest BCUT2D eigenvalue weighted by Gasteiger charge is 2.42.